The summed E-state index contributed by atoms with van der Waals surface area (Å²) in [6, 6.07) is 3.44. The lowest BCUT2D eigenvalue weighted by Gasteiger charge is -2.03. The Morgan fingerprint density at radius 2 is 2.40 bits per heavy atom. The number of aromatic nitrogens is 2. The largest absolute Gasteiger partial charge is 0.333 e. The summed E-state index contributed by atoms with van der Waals surface area (Å²) < 4.78 is 15.2. The Labute approximate surface area is 113 Å². The zero-order chi connectivity index (χ0) is 14.1. The Morgan fingerprint density at radius 3 is 3.05 bits per heavy atom. The first-order chi connectivity index (χ1) is 9.65. The number of non-ortho nitro benzene ring substituents is 1. The van der Waals surface area contributed by atoms with E-state index in [1.807, 2.05) is 0 Å². The molecule has 9 heteroatoms. The highest BCUT2D eigenvalue weighted by Gasteiger charge is 2.23. The molecule has 1 saturated heterocycles. The molecule has 1 aromatic carbocycles. The van der Waals surface area contributed by atoms with Crippen LogP contribution >= 0.6 is 0 Å². The molecule has 1 atom stereocenters. The van der Waals surface area contributed by atoms with Crippen molar-refractivity contribution in [2.75, 3.05) is 6.61 Å². The van der Waals surface area contributed by atoms with E-state index in [4.69, 9.17) is 9.69 Å². The molecule has 20 heavy (non-hydrogen) atoms. The molecule has 0 bridgehead atoms. The van der Waals surface area contributed by atoms with Gasteiger partial charge in [0.1, 0.15) is 5.69 Å². The summed E-state index contributed by atoms with van der Waals surface area (Å²) in [7, 11) is 0.425. The number of benzene rings is 1. The molecule has 1 aliphatic rings. The molecule has 7 nitrogen and oxygen atoms in total. The Balaban J connectivity index is 1.91. The minimum absolute atomic E-state index is 0.0601. The van der Waals surface area contributed by atoms with Gasteiger partial charge in [0.25, 0.3) is 5.69 Å². The summed E-state index contributed by atoms with van der Waals surface area (Å²) in [5, 5.41) is 14.6. The second-order valence-corrected chi connectivity index (χ2v) is 4.38. The number of nitro benzene ring substituents is 1. The topological polar surface area (TPSA) is 79.4 Å². The summed E-state index contributed by atoms with van der Waals surface area (Å²) in [6.07, 6.45) is 3.26. The maximum atomic E-state index is 13.9. The summed E-state index contributed by atoms with van der Waals surface area (Å²) in [6.45, 7) is 0.425. The van der Waals surface area contributed by atoms with Crippen LogP contribution in [0.1, 0.15) is 11.4 Å². The third-order valence-electron chi connectivity index (χ3n) is 3.08. The van der Waals surface area contributed by atoms with Gasteiger partial charge in [-0.15, -0.1) is 0 Å². The predicted molar refractivity (Wildman–Crippen MR) is 67.1 cm³/mol. The van der Waals surface area contributed by atoms with Crippen LogP contribution in [0.2, 0.25) is 0 Å². The van der Waals surface area contributed by atoms with E-state index in [0.717, 1.165) is 11.6 Å². The Hall–Kier alpha value is -2.26. The molecule has 0 aliphatic carbocycles. The molecule has 1 aliphatic heterocycles. The van der Waals surface area contributed by atoms with Crippen LogP contribution in [-0.2, 0) is 9.69 Å². The number of halogens is 1. The van der Waals surface area contributed by atoms with E-state index in [2.05, 4.69) is 5.10 Å². The van der Waals surface area contributed by atoms with Crippen molar-refractivity contribution in [1.82, 2.24) is 9.78 Å². The van der Waals surface area contributed by atoms with E-state index in [0.29, 0.717) is 14.1 Å². The summed E-state index contributed by atoms with van der Waals surface area (Å²) in [4.78, 5) is 19.5. The number of rotatable bonds is 3. The molecule has 1 unspecified atom stereocenters. The molecule has 0 amide bonds. The van der Waals surface area contributed by atoms with Crippen molar-refractivity contribution >= 4 is 13.2 Å². The van der Waals surface area contributed by atoms with Crippen molar-refractivity contribution in [2.45, 2.75) is 5.82 Å². The lowest BCUT2D eigenvalue weighted by atomic mass is 9.78. The average Bonchev–Trinajstić information content (AvgIpc) is 3.09. The maximum Gasteiger partial charge on any atom is 0.333 e. The molecule has 2 aromatic rings. The fourth-order valence-corrected chi connectivity index (χ4v) is 1.98. The van der Waals surface area contributed by atoms with Crippen molar-refractivity contribution in [3.63, 3.8) is 0 Å². The van der Waals surface area contributed by atoms with Crippen LogP contribution < -0.4 is 0 Å². The first kappa shape index (κ1) is 12.8. The molecule has 2 heterocycles. The molecule has 0 N–H and O–H groups in total. The molecule has 0 spiro atoms. The quantitative estimate of drug-likeness (QED) is 0.365. The van der Waals surface area contributed by atoms with Gasteiger partial charge >= 0.3 is 7.48 Å². The zero-order valence-electron chi connectivity index (χ0n) is 10.2. The first-order valence-electron chi connectivity index (χ1n) is 5.88. The summed E-state index contributed by atoms with van der Waals surface area (Å²) in [5.74, 6) is -0.641. The summed E-state index contributed by atoms with van der Waals surface area (Å²) >= 11 is 0. The molecular weight excluding hydrogens is 268 g/mol. The highest BCUT2D eigenvalue weighted by Crippen LogP contribution is 2.23. The smallest absolute Gasteiger partial charge is 0.309 e. The van der Waals surface area contributed by atoms with Crippen molar-refractivity contribution in [3.8, 4) is 5.69 Å². The van der Waals surface area contributed by atoms with E-state index in [-0.39, 0.29) is 17.2 Å². The number of nitro groups is 1. The number of hydrogen-bond acceptors (Lipinski definition) is 5. The maximum absolute atomic E-state index is 13.9. The van der Waals surface area contributed by atoms with Gasteiger partial charge in [-0.3, -0.25) is 15.0 Å². The Morgan fingerprint density at radius 1 is 1.55 bits per heavy atom. The van der Waals surface area contributed by atoms with E-state index in [1.165, 1.54) is 16.8 Å². The first-order valence-corrected chi connectivity index (χ1v) is 5.88. The van der Waals surface area contributed by atoms with Crippen LogP contribution in [0.25, 0.3) is 5.69 Å². The van der Waals surface area contributed by atoms with Crippen molar-refractivity contribution in [3.05, 3.63) is 52.1 Å². The van der Waals surface area contributed by atoms with Gasteiger partial charge in [-0.05, 0) is 11.6 Å². The highest BCUT2D eigenvalue weighted by molar-refractivity contribution is 6.30. The summed E-state index contributed by atoms with van der Waals surface area (Å²) in [5.41, 5.74) is 0.721. The third-order valence-corrected chi connectivity index (χ3v) is 3.08. The molecule has 1 aromatic heterocycles. The van der Waals surface area contributed by atoms with Crippen molar-refractivity contribution in [1.29, 1.82) is 0 Å². The van der Waals surface area contributed by atoms with Gasteiger partial charge in [-0.25, -0.2) is 9.07 Å². The molecular formula is C11H9BFN3O4. The number of hydrogen-bond donors (Lipinski definition) is 0. The van der Waals surface area contributed by atoms with Gasteiger partial charge in [-0.1, -0.05) is 0 Å². The van der Waals surface area contributed by atoms with Gasteiger partial charge in [0.05, 0.1) is 23.8 Å². The van der Waals surface area contributed by atoms with Crippen LogP contribution in [0.15, 0.2) is 30.6 Å². The van der Waals surface area contributed by atoms with Crippen LogP contribution in [0, 0.1) is 15.9 Å². The second-order valence-electron chi connectivity index (χ2n) is 4.38. The van der Waals surface area contributed by atoms with E-state index in [1.54, 1.807) is 12.4 Å². The van der Waals surface area contributed by atoms with Crippen LogP contribution in [0.5, 0.6) is 0 Å². The second kappa shape index (κ2) is 5.02. The molecule has 102 valence electrons. The van der Waals surface area contributed by atoms with E-state index in [9.17, 15) is 14.5 Å². The standard InChI is InChI=1S/C11H9BFN3O4/c13-10-3-8(16(17)18)1-2-11(10)15-5-7(4-14-15)9-6-19-20-12-9/h1-5,9,12H,6H2. The molecule has 1 fully saturated rings. The fourth-order valence-electron chi connectivity index (χ4n) is 1.98. The van der Waals surface area contributed by atoms with Gasteiger partial charge in [0.15, 0.2) is 5.82 Å². The van der Waals surface area contributed by atoms with Gasteiger partial charge in [-0.2, -0.15) is 5.10 Å². The average molecular weight is 277 g/mol. The van der Waals surface area contributed by atoms with Crippen molar-refractivity contribution in [2.24, 2.45) is 0 Å². The highest BCUT2D eigenvalue weighted by atomic mass is 19.1. The number of nitrogens with zero attached hydrogens (tertiary/aromatic N) is 3. The predicted octanol–water partition coefficient (Wildman–Crippen LogP) is 1.27. The van der Waals surface area contributed by atoms with Crippen LogP contribution in [-0.4, -0.2) is 28.8 Å². The van der Waals surface area contributed by atoms with Gasteiger partial charge < -0.3 is 4.81 Å². The lowest BCUT2D eigenvalue weighted by Crippen LogP contribution is -2.03. The van der Waals surface area contributed by atoms with Gasteiger partial charge in [0, 0.05) is 18.1 Å². The lowest BCUT2D eigenvalue weighted by molar-refractivity contribution is -0.385. The van der Waals surface area contributed by atoms with Crippen LogP contribution in [0.3, 0.4) is 0 Å². The van der Waals surface area contributed by atoms with E-state index < -0.39 is 10.7 Å². The normalized spacial score (nSPS) is 17.9. The Kier molecular flexibility index (Phi) is 3.21. The monoisotopic (exact) mass is 277 g/mol. The van der Waals surface area contributed by atoms with E-state index >= 15 is 0 Å². The minimum atomic E-state index is -0.701. The molecule has 0 radical (unpaired) electrons. The van der Waals surface area contributed by atoms with Crippen molar-refractivity contribution < 1.29 is 19.0 Å². The zero-order valence-corrected chi connectivity index (χ0v) is 10.2. The third kappa shape index (κ3) is 2.28. The van der Waals surface area contributed by atoms with Gasteiger partial charge in [0.2, 0.25) is 0 Å². The molecule has 0 saturated carbocycles. The SMILES string of the molecule is O=[N+]([O-])c1ccc(-n2cc(C3BOOC3)cn2)c(F)c1. The Bertz CT molecular complexity index is 657. The minimum Gasteiger partial charge on any atom is -0.309 e. The van der Waals surface area contributed by atoms with Crippen LogP contribution in [0.4, 0.5) is 10.1 Å². The molecule has 3 rings (SSSR count). The fraction of sp³-hybridized carbons (Fsp3) is 0.182.